The molecule has 0 spiro atoms. The summed E-state index contributed by atoms with van der Waals surface area (Å²) in [6.07, 6.45) is 5.68. The van der Waals surface area contributed by atoms with Crippen LogP contribution in [0.5, 0.6) is 0 Å². The molecule has 0 amide bonds. The number of H-pyrrole nitrogens is 1. The molecule has 0 aliphatic rings. The molecule has 3 N–H and O–H groups in total. The van der Waals surface area contributed by atoms with Gasteiger partial charge >= 0.3 is 0 Å². The lowest BCUT2D eigenvalue weighted by molar-refractivity contribution is 1.23. The van der Waals surface area contributed by atoms with Crippen LogP contribution in [-0.2, 0) is 0 Å². The summed E-state index contributed by atoms with van der Waals surface area (Å²) in [4.78, 5) is 3.00. The van der Waals surface area contributed by atoms with Gasteiger partial charge in [-0.15, -0.1) is 0 Å². The first-order chi connectivity index (χ1) is 5.38. The minimum atomic E-state index is 0.764. The zero-order chi connectivity index (χ0) is 8.27. The minimum absolute atomic E-state index is 0.764. The van der Waals surface area contributed by atoms with Gasteiger partial charge < -0.3 is 15.1 Å². The van der Waals surface area contributed by atoms with Crippen LogP contribution in [0.2, 0.25) is 5.02 Å². The average molecular weight is 172 g/mol. The Balaban J connectivity index is 0.000000281. The number of imidazole rings is 1. The quantitative estimate of drug-likeness (QED) is 0.620. The molecule has 60 valence electrons. The number of rotatable bonds is 0. The fraction of sp³-hybridized carbons (Fsp3) is 0.143. The number of aromatic nitrogens is 2. The van der Waals surface area contributed by atoms with E-state index in [9.17, 15) is 0 Å². The van der Waals surface area contributed by atoms with Crippen LogP contribution in [0.15, 0.2) is 24.7 Å². The number of halogens is 1. The predicted molar refractivity (Wildman–Crippen MR) is 46.9 cm³/mol. The molecule has 0 saturated carbocycles. The highest BCUT2D eigenvalue weighted by Crippen LogP contribution is 2.15. The Kier molecular flexibility index (Phi) is 2.57. The third kappa shape index (κ3) is 1.39. The summed E-state index contributed by atoms with van der Waals surface area (Å²) in [7, 11) is 1.50. The molecular weight excluding hydrogens is 162 g/mol. The highest BCUT2D eigenvalue weighted by atomic mass is 35.5. The van der Waals surface area contributed by atoms with E-state index in [1.165, 1.54) is 7.05 Å². The summed E-state index contributed by atoms with van der Waals surface area (Å²) in [6, 6.07) is 1.85. The summed E-state index contributed by atoms with van der Waals surface area (Å²) in [5.74, 6) is 0. The van der Waals surface area contributed by atoms with E-state index in [4.69, 9.17) is 11.6 Å². The van der Waals surface area contributed by atoms with Gasteiger partial charge in [0.25, 0.3) is 0 Å². The fourth-order valence-electron chi connectivity index (χ4n) is 0.887. The zero-order valence-corrected chi connectivity index (χ0v) is 6.97. The van der Waals surface area contributed by atoms with E-state index in [1.807, 2.05) is 29.1 Å². The Bertz CT molecular complexity index is 323. The van der Waals surface area contributed by atoms with Crippen molar-refractivity contribution in [2.24, 2.45) is 5.73 Å². The van der Waals surface area contributed by atoms with Crippen LogP contribution in [0.25, 0.3) is 5.65 Å². The highest BCUT2D eigenvalue weighted by molar-refractivity contribution is 6.33. The second-order valence-corrected chi connectivity index (χ2v) is 2.29. The van der Waals surface area contributed by atoms with Crippen LogP contribution in [0.3, 0.4) is 0 Å². The smallest absolute Gasteiger partial charge is 0.133 e. The van der Waals surface area contributed by atoms with Gasteiger partial charge in [-0.2, -0.15) is 0 Å². The maximum atomic E-state index is 5.76. The molecule has 2 aromatic rings. The third-order valence-electron chi connectivity index (χ3n) is 1.32. The Hall–Kier alpha value is -0.930. The molecule has 2 aromatic heterocycles. The molecule has 0 aliphatic carbocycles. The van der Waals surface area contributed by atoms with Crippen molar-refractivity contribution in [3.05, 3.63) is 29.7 Å². The first-order valence-electron chi connectivity index (χ1n) is 3.25. The van der Waals surface area contributed by atoms with Crippen molar-refractivity contribution in [2.45, 2.75) is 0 Å². The van der Waals surface area contributed by atoms with E-state index in [0.717, 1.165) is 10.7 Å². The number of fused-ring (bicyclic) bond motifs is 1. The maximum Gasteiger partial charge on any atom is 0.133 e. The third-order valence-corrected chi connectivity index (χ3v) is 1.63. The zero-order valence-electron chi connectivity index (χ0n) is 6.21. The van der Waals surface area contributed by atoms with E-state index in [-0.39, 0.29) is 0 Å². The van der Waals surface area contributed by atoms with Gasteiger partial charge in [-0.3, -0.25) is 0 Å². The van der Waals surface area contributed by atoms with Crippen LogP contribution >= 0.6 is 11.6 Å². The van der Waals surface area contributed by atoms with E-state index >= 15 is 0 Å². The van der Waals surface area contributed by atoms with Crippen molar-refractivity contribution in [2.75, 3.05) is 7.05 Å². The molecule has 0 fully saturated rings. The van der Waals surface area contributed by atoms with Crippen LogP contribution in [-0.4, -0.2) is 16.4 Å². The van der Waals surface area contributed by atoms with E-state index in [2.05, 4.69) is 10.7 Å². The SMILES string of the molecule is CN.Clc1ccn2cc[nH]c12. The van der Waals surface area contributed by atoms with Crippen molar-refractivity contribution in [3.63, 3.8) is 0 Å². The van der Waals surface area contributed by atoms with Gasteiger partial charge in [0.05, 0.1) is 5.02 Å². The molecule has 0 unspecified atom stereocenters. The Morgan fingerprint density at radius 3 is 2.82 bits per heavy atom. The van der Waals surface area contributed by atoms with Crippen molar-refractivity contribution < 1.29 is 0 Å². The first kappa shape index (κ1) is 8.17. The van der Waals surface area contributed by atoms with Crippen LogP contribution in [0.1, 0.15) is 0 Å². The predicted octanol–water partition coefficient (Wildman–Crippen LogP) is 1.50. The average Bonchev–Trinajstić information content (AvgIpc) is 2.60. The molecule has 2 heterocycles. The van der Waals surface area contributed by atoms with Gasteiger partial charge in [-0.05, 0) is 13.1 Å². The van der Waals surface area contributed by atoms with E-state index in [1.54, 1.807) is 0 Å². The number of hydrogen-bond acceptors (Lipinski definition) is 1. The van der Waals surface area contributed by atoms with Gasteiger partial charge in [-0.1, -0.05) is 11.6 Å². The van der Waals surface area contributed by atoms with Gasteiger partial charge in [-0.25, -0.2) is 0 Å². The van der Waals surface area contributed by atoms with Crippen molar-refractivity contribution in [1.82, 2.24) is 9.38 Å². The summed E-state index contributed by atoms with van der Waals surface area (Å²) >= 11 is 5.76. The second kappa shape index (κ2) is 3.46. The first-order valence-corrected chi connectivity index (χ1v) is 3.63. The normalized spacial score (nSPS) is 9.36. The van der Waals surface area contributed by atoms with Crippen molar-refractivity contribution in [3.8, 4) is 0 Å². The molecule has 0 radical (unpaired) electrons. The van der Waals surface area contributed by atoms with Gasteiger partial charge in [0.2, 0.25) is 0 Å². The Morgan fingerprint density at radius 1 is 1.45 bits per heavy atom. The Morgan fingerprint density at radius 2 is 2.18 bits per heavy atom. The molecule has 0 bridgehead atoms. The van der Waals surface area contributed by atoms with Crippen molar-refractivity contribution in [1.29, 1.82) is 0 Å². The summed E-state index contributed by atoms with van der Waals surface area (Å²) in [5, 5.41) is 0.764. The van der Waals surface area contributed by atoms with Crippen molar-refractivity contribution >= 4 is 17.2 Å². The molecule has 2 rings (SSSR count). The number of nitrogens with one attached hydrogen (secondary N) is 1. The molecule has 0 atom stereocenters. The van der Waals surface area contributed by atoms with Gasteiger partial charge in [0, 0.05) is 18.6 Å². The van der Waals surface area contributed by atoms with E-state index < -0.39 is 0 Å². The fourth-order valence-corrected chi connectivity index (χ4v) is 1.10. The highest BCUT2D eigenvalue weighted by Gasteiger charge is 1.96. The lowest BCUT2D eigenvalue weighted by Crippen LogP contribution is -1.69. The molecule has 0 saturated heterocycles. The molecule has 4 heteroatoms. The molecule has 11 heavy (non-hydrogen) atoms. The van der Waals surface area contributed by atoms with Crippen LogP contribution in [0, 0.1) is 0 Å². The lowest BCUT2D eigenvalue weighted by Gasteiger charge is -1.78. The summed E-state index contributed by atoms with van der Waals surface area (Å²) in [6.45, 7) is 0. The monoisotopic (exact) mass is 171 g/mol. The summed E-state index contributed by atoms with van der Waals surface area (Å²) in [5.41, 5.74) is 5.46. The van der Waals surface area contributed by atoms with Gasteiger partial charge in [0.15, 0.2) is 0 Å². The molecule has 0 aliphatic heterocycles. The topological polar surface area (TPSA) is 46.2 Å². The Labute approximate surface area is 69.8 Å². The van der Waals surface area contributed by atoms with Crippen LogP contribution in [0.4, 0.5) is 0 Å². The van der Waals surface area contributed by atoms with Gasteiger partial charge in [0.1, 0.15) is 5.65 Å². The maximum absolute atomic E-state index is 5.76. The molecule has 0 aromatic carbocycles. The number of hydrogen-bond donors (Lipinski definition) is 2. The number of nitrogens with zero attached hydrogens (tertiary/aromatic N) is 1. The number of aromatic amines is 1. The lowest BCUT2D eigenvalue weighted by atomic mass is 10.6. The second-order valence-electron chi connectivity index (χ2n) is 1.88. The largest absolute Gasteiger partial charge is 0.345 e. The number of nitrogens with two attached hydrogens (primary N) is 1. The molecular formula is C7H10ClN3. The standard InChI is InChI=1S/C6H5ClN2.CH5N/c7-5-1-3-9-4-2-8-6(5)9;1-2/h1-4,8H;2H2,1H3. The van der Waals surface area contributed by atoms with E-state index in [0.29, 0.717) is 0 Å². The van der Waals surface area contributed by atoms with Crippen LogP contribution < -0.4 is 5.73 Å². The minimum Gasteiger partial charge on any atom is -0.345 e. The summed E-state index contributed by atoms with van der Waals surface area (Å²) < 4.78 is 1.93. The molecule has 3 nitrogen and oxygen atoms in total.